The fraction of sp³-hybridized carbons (Fsp3) is 0.500. The van der Waals surface area contributed by atoms with Crippen molar-refractivity contribution in [3.05, 3.63) is 53.6 Å². The Morgan fingerprint density at radius 1 is 1.22 bits per heavy atom. The van der Waals surface area contributed by atoms with Gasteiger partial charge in [0, 0.05) is 18.4 Å². The second-order valence-electron chi connectivity index (χ2n) is 6.94. The maximum atomic E-state index is 12.1. The molecule has 1 saturated carbocycles. The normalized spacial score (nSPS) is 25.3. The minimum atomic E-state index is -0.732. The molecule has 2 fully saturated rings. The van der Waals surface area contributed by atoms with Gasteiger partial charge in [0.2, 0.25) is 5.79 Å². The van der Waals surface area contributed by atoms with Crippen molar-refractivity contribution in [1.29, 1.82) is 0 Å². The van der Waals surface area contributed by atoms with Crippen LogP contribution in [-0.2, 0) is 24.0 Å². The van der Waals surface area contributed by atoms with Crippen LogP contribution >= 0.6 is 0 Å². The summed E-state index contributed by atoms with van der Waals surface area (Å²) in [7, 11) is 0. The third kappa shape index (κ3) is 4.49. The number of benzene rings is 1. The molecule has 1 aromatic carbocycles. The summed E-state index contributed by atoms with van der Waals surface area (Å²) in [5, 5.41) is 0. The second-order valence-corrected chi connectivity index (χ2v) is 6.94. The van der Waals surface area contributed by atoms with E-state index in [2.05, 4.69) is 6.58 Å². The molecule has 1 spiro atoms. The van der Waals surface area contributed by atoms with Gasteiger partial charge in [-0.15, -0.1) is 0 Å². The van der Waals surface area contributed by atoms with Gasteiger partial charge in [0.1, 0.15) is 6.10 Å². The van der Waals surface area contributed by atoms with Crippen LogP contribution in [0, 0.1) is 0 Å². The summed E-state index contributed by atoms with van der Waals surface area (Å²) in [6.07, 6.45) is 3.18. The first-order chi connectivity index (χ1) is 13.1. The molecule has 5 heteroatoms. The Balaban J connectivity index is 1.59. The van der Waals surface area contributed by atoms with Crippen molar-refractivity contribution in [2.75, 3.05) is 13.2 Å². The van der Waals surface area contributed by atoms with Gasteiger partial charge in [0.05, 0.1) is 13.2 Å². The highest BCUT2D eigenvalue weighted by Crippen LogP contribution is 2.41. The smallest absolute Gasteiger partial charge is 0.333 e. The van der Waals surface area contributed by atoms with Crippen molar-refractivity contribution in [3.8, 4) is 0 Å². The molecule has 0 N–H and O–H groups in total. The number of esters is 1. The van der Waals surface area contributed by atoms with Crippen LogP contribution in [0.25, 0.3) is 5.57 Å². The molecule has 1 heterocycles. The molecular weight excluding hydrogens is 344 g/mol. The van der Waals surface area contributed by atoms with Gasteiger partial charge in [0.15, 0.2) is 0 Å². The summed E-state index contributed by atoms with van der Waals surface area (Å²) >= 11 is 0. The first kappa shape index (κ1) is 19.8. The monoisotopic (exact) mass is 372 g/mol. The quantitative estimate of drug-likeness (QED) is 0.430. The molecular formula is C22H28O5. The highest BCUT2D eigenvalue weighted by atomic mass is 17.2. The van der Waals surface area contributed by atoms with Crippen molar-refractivity contribution in [1.82, 2.24) is 0 Å². The minimum absolute atomic E-state index is 0.202. The summed E-state index contributed by atoms with van der Waals surface area (Å²) in [5.74, 6) is -0.934. The molecule has 1 aliphatic heterocycles. The average molecular weight is 372 g/mol. The van der Waals surface area contributed by atoms with Crippen molar-refractivity contribution < 1.29 is 24.0 Å². The Morgan fingerprint density at radius 2 is 1.93 bits per heavy atom. The van der Waals surface area contributed by atoms with Crippen molar-refractivity contribution >= 4 is 11.5 Å². The van der Waals surface area contributed by atoms with Gasteiger partial charge in [0.25, 0.3) is 0 Å². The first-order valence-electron chi connectivity index (χ1n) is 9.69. The lowest BCUT2D eigenvalue weighted by atomic mass is 9.86. The fourth-order valence-electron chi connectivity index (χ4n) is 3.64. The molecule has 0 bridgehead atoms. The SMILES string of the molecule is C=C(c1ccccc1)C1COC2(CCC(=C(CC)C(=O)OCC)CC2)OO1. The van der Waals surface area contributed by atoms with Crippen molar-refractivity contribution in [3.63, 3.8) is 0 Å². The first-order valence-corrected chi connectivity index (χ1v) is 9.69. The zero-order valence-electron chi connectivity index (χ0n) is 16.2. The van der Waals surface area contributed by atoms with Gasteiger partial charge >= 0.3 is 5.97 Å². The Bertz CT molecular complexity index is 687. The molecule has 1 unspecified atom stereocenters. The molecule has 3 rings (SSSR count). The largest absolute Gasteiger partial charge is 0.463 e. The fourth-order valence-corrected chi connectivity index (χ4v) is 3.64. The number of ether oxygens (including phenoxy) is 2. The predicted octanol–water partition coefficient (Wildman–Crippen LogP) is 4.59. The number of allylic oxidation sites excluding steroid dienone is 1. The molecule has 2 aliphatic rings. The lowest BCUT2D eigenvalue weighted by Crippen LogP contribution is -2.47. The summed E-state index contributed by atoms with van der Waals surface area (Å²) in [5.41, 5.74) is 3.79. The molecule has 1 aliphatic carbocycles. The predicted molar refractivity (Wildman–Crippen MR) is 103 cm³/mol. The number of carbonyl (C=O) groups excluding carboxylic acids is 1. The lowest BCUT2D eigenvalue weighted by molar-refractivity contribution is -0.482. The number of carbonyl (C=O) groups is 1. The van der Waals surface area contributed by atoms with E-state index >= 15 is 0 Å². The Hall–Kier alpha value is -1.95. The summed E-state index contributed by atoms with van der Waals surface area (Å²) < 4.78 is 11.3. The van der Waals surface area contributed by atoms with Gasteiger partial charge in [-0.25, -0.2) is 14.6 Å². The maximum Gasteiger partial charge on any atom is 0.333 e. The van der Waals surface area contributed by atoms with Crippen LogP contribution in [0.4, 0.5) is 0 Å². The van der Waals surface area contributed by atoms with E-state index in [0.717, 1.165) is 35.1 Å². The molecule has 1 atom stereocenters. The van der Waals surface area contributed by atoms with E-state index in [-0.39, 0.29) is 12.1 Å². The van der Waals surface area contributed by atoms with Crippen LogP contribution in [0.2, 0.25) is 0 Å². The number of hydrogen-bond acceptors (Lipinski definition) is 5. The average Bonchev–Trinajstić information content (AvgIpc) is 2.71. The van der Waals surface area contributed by atoms with E-state index in [1.165, 1.54) is 0 Å². The molecule has 5 nitrogen and oxygen atoms in total. The van der Waals surface area contributed by atoms with Crippen molar-refractivity contribution in [2.45, 2.75) is 57.8 Å². The van der Waals surface area contributed by atoms with Crippen LogP contribution in [0.1, 0.15) is 51.5 Å². The minimum Gasteiger partial charge on any atom is -0.463 e. The molecule has 0 aromatic heterocycles. The maximum absolute atomic E-state index is 12.1. The summed E-state index contributed by atoms with van der Waals surface area (Å²) in [6.45, 7) is 8.74. The van der Waals surface area contributed by atoms with Crippen LogP contribution in [0.3, 0.4) is 0 Å². The highest BCUT2D eigenvalue weighted by Gasteiger charge is 2.42. The molecule has 27 heavy (non-hydrogen) atoms. The van der Waals surface area contributed by atoms with Gasteiger partial charge in [-0.05, 0) is 37.3 Å². The van der Waals surface area contributed by atoms with E-state index in [1.807, 2.05) is 44.2 Å². The third-order valence-electron chi connectivity index (χ3n) is 5.26. The Morgan fingerprint density at radius 3 is 2.48 bits per heavy atom. The Labute approximate surface area is 160 Å². The van der Waals surface area contributed by atoms with Crippen LogP contribution in [-0.4, -0.2) is 31.1 Å². The zero-order valence-corrected chi connectivity index (χ0v) is 16.2. The zero-order chi connectivity index (χ0) is 19.3. The molecule has 1 saturated heterocycles. The number of hydrogen-bond donors (Lipinski definition) is 0. The standard InChI is InChI=1S/C22H28O5/c1-4-19(21(23)24-5-2)18-11-13-22(14-12-18)25-15-20(26-27-22)16(3)17-9-7-6-8-10-17/h6-10,20H,3-5,11-15H2,1-2H3. The van der Waals surface area contributed by atoms with Crippen LogP contribution in [0.15, 0.2) is 48.1 Å². The molecule has 0 amide bonds. The third-order valence-corrected chi connectivity index (χ3v) is 5.26. The molecule has 146 valence electrons. The lowest BCUT2D eigenvalue weighted by Gasteiger charge is -2.42. The van der Waals surface area contributed by atoms with E-state index < -0.39 is 5.79 Å². The van der Waals surface area contributed by atoms with Gasteiger partial charge in [-0.1, -0.05) is 49.4 Å². The van der Waals surface area contributed by atoms with Crippen molar-refractivity contribution in [2.24, 2.45) is 0 Å². The Kier molecular flexibility index (Phi) is 6.47. The molecule has 0 radical (unpaired) electrons. The molecule has 1 aromatic rings. The van der Waals surface area contributed by atoms with E-state index in [4.69, 9.17) is 19.2 Å². The summed E-state index contributed by atoms with van der Waals surface area (Å²) in [4.78, 5) is 23.5. The topological polar surface area (TPSA) is 54.0 Å². The number of rotatable bonds is 5. The van der Waals surface area contributed by atoms with Crippen LogP contribution < -0.4 is 0 Å². The van der Waals surface area contributed by atoms with E-state index in [9.17, 15) is 4.79 Å². The highest BCUT2D eigenvalue weighted by molar-refractivity contribution is 5.89. The van der Waals surface area contributed by atoms with Crippen LogP contribution in [0.5, 0.6) is 0 Å². The summed E-state index contributed by atoms with van der Waals surface area (Å²) in [6, 6.07) is 9.89. The van der Waals surface area contributed by atoms with Gasteiger partial charge in [-0.3, -0.25) is 0 Å². The second kappa shape index (κ2) is 8.83. The van der Waals surface area contributed by atoms with Gasteiger partial charge < -0.3 is 9.47 Å². The van der Waals surface area contributed by atoms with Gasteiger partial charge in [-0.2, -0.15) is 0 Å². The van der Waals surface area contributed by atoms with E-state index in [1.54, 1.807) is 0 Å². The van der Waals surface area contributed by atoms with E-state index in [0.29, 0.717) is 32.5 Å².